The maximum Gasteiger partial charge on any atom is 0.240 e. The van der Waals surface area contributed by atoms with Crippen molar-refractivity contribution in [2.75, 3.05) is 14.1 Å². The summed E-state index contributed by atoms with van der Waals surface area (Å²) in [5, 5.41) is 3.01. The zero-order valence-electron chi connectivity index (χ0n) is 13.3. The molecule has 0 radical (unpaired) electrons. The van der Waals surface area contributed by atoms with Gasteiger partial charge in [0.25, 0.3) is 0 Å². The van der Waals surface area contributed by atoms with E-state index in [0.29, 0.717) is 13.1 Å². The molecular formula is C16H24N4O. The summed E-state index contributed by atoms with van der Waals surface area (Å²) in [6.45, 7) is 5.11. The van der Waals surface area contributed by atoms with Crippen LogP contribution in [0.4, 0.5) is 0 Å². The fraction of sp³-hybridized carbons (Fsp3) is 0.500. The molecule has 0 fully saturated rings. The van der Waals surface area contributed by atoms with E-state index >= 15 is 0 Å². The standard InChI is InChI=1S/C16H24N4O/c1-5-12(2)17-16(21)11-20-14-9-7-6-8-13(14)18-15(20)10-19(3)4/h6-9,12H,5,10-11H2,1-4H3,(H,17,21). The van der Waals surface area contributed by atoms with Gasteiger partial charge in [-0.1, -0.05) is 19.1 Å². The molecule has 2 rings (SSSR count). The van der Waals surface area contributed by atoms with Gasteiger partial charge in [-0.05, 0) is 39.6 Å². The predicted octanol–water partition coefficient (Wildman–Crippen LogP) is 2.01. The summed E-state index contributed by atoms with van der Waals surface area (Å²) in [5.41, 5.74) is 1.94. The Bertz CT molecular complexity index is 618. The Morgan fingerprint density at radius 2 is 2.10 bits per heavy atom. The van der Waals surface area contributed by atoms with Gasteiger partial charge < -0.3 is 14.8 Å². The second-order valence-electron chi connectivity index (χ2n) is 5.72. The van der Waals surface area contributed by atoms with Crippen LogP contribution in [0.2, 0.25) is 0 Å². The summed E-state index contributed by atoms with van der Waals surface area (Å²) in [4.78, 5) is 18.9. The molecule has 0 spiro atoms. The van der Waals surface area contributed by atoms with Crippen molar-refractivity contribution >= 4 is 16.9 Å². The minimum atomic E-state index is 0.0347. The van der Waals surface area contributed by atoms with E-state index in [1.807, 2.05) is 49.9 Å². The Kier molecular flexibility index (Phi) is 4.96. The van der Waals surface area contributed by atoms with Gasteiger partial charge in [-0.3, -0.25) is 4.79 Å². The molecule has 114 valence electrons. The highest BCUT2D eigenvalue weighted by Crippen LogP contribution is 2.16. The van der Waals surface area contributed by atoms with E-state index < -0.39 is 0 Å². The normalized spacial score (nSPS) is 12.8. The van der Waals surface area contributed by atoms with Gasteiger partial charge >= 0.3 is 0 Å². The minimum absolute atomic E-state index is 0.0347. The molecule has 1 N–H and O–H groups in total. The van der Waals surface area contributed by atoms with Gasteiger partial charge in [-0.25, -0.2) is 4.98 Å². The highest BCUT2D eigenvalue weighted by Gasteiger charge is 2.14. The molecule has 0 bridgehead atoms. The lowest BCUT2D eigenvalue weighted by Gasteiger charge is -2.15. The third-order valence-electron chi connectivity index (χ3n) is 3.51. The van der Waals surface area contributed by atoms with Crippen molar-refractivity contribution in [1.82, 2.24) is 19.8 Å². The first-order valence-corrected chi connectivity index (χ1v) is 7.39. The number of amides is 1. The van der Waals surface area contributed by atoms with Crippen molar-refractivity contribution in [3.05, 3.63) is 30.1 Å². The third-order valence-corrected chi connectivity index (χ3v) is 3.51. The Morgan fingerprint density at radius 3 is 2.76 bits per heavy atom. The molecule has 1 aromatic heterocycles. The number of hydrogen-bond acceptors (Lipinski definition) is 3. The maximum absolute atomic E-state index is 12.2. The van der Waals surface area contributed by atoms with Gasteiger partial charge in [-0.15, -0.1) is 0 Å². The van der Waals surface area contributed by atoms with Crippen molar-refractivity contribution < 1.29 is 4.79 Å². The minimum Gasteiger partial charge on any atom is -0.352 e. The van der Waals surface area contributed by atoms with Crippen molar-refractivity contribution in [2.24, 2.45) is 0 Å². The van der Waals surface area contributed by atoms with Crippen LogP contribution in [0.15, 0.2) is 24.3 Å². The lowest BCUT2D eigenvalue weighted by molar-refractivity contribution is -0.122. The number of aromatic nitrogens is 2. The number of nitrogens with one attached hydrogen (secondary N) is 1. The zero-order chi connectivity index (χ0) is 15.4. The number of nitrogens with zero attached hydrogens (tertiary/aromatic N) is 3. The average molecular weight is 288 g/mol. The highest BCUT2D eigenvalue weighted by atomic mass is 16.2. The summed E-state index contributed by atoms with van der Waals surface area (Å²) in [6, 6.07) is 8.14. The molecule has 0 aliphatic rings. The van der Waals surface area contributed by atoms with E-state index in [1.54, 1.807) is 0 Å². The van der Waals surface area contributed by atoms with Crippen LogP contribution >= 0.6 is 0 Å². The average Bonchev–Trinajstić information content (AvgIpc) is 2.76. The van der Waals surface area contributed by atoms with E-state index in [1.165, 1.54) is 0 Å². The van der Waals surface area contributed by atoms with Gasteiger partial charge in [0.15, 0.2) is 0 Å². The summed E-state index contributed by atoms with van der Waals surface area (Å²) in [6.07, 6.45) is 0.932. The maximum atomic E-state index is 12.2. The first kappa shape index (κ1) is 15.5. The second kappa shape index (κ2) is 6.72. The number of carbonyl (C=O) groups is 1. The third kappa shape index (κ3) is 3.82. The molecule has 0 aliphatic carbocycles. The predicted molar refractivity (Wildman–Crippen MR) is 85.0 cm³/mol. The lowest BCUT2D eigenvalue weighted by atomic mass is 10.2. The number of para-hydroxylation sites is 2. The van der Waals surface area contributed by atoms with E-state index in [0.717, 1.165) is 23.3 Å². The molecule has 2 aromatic rings. The topological polar surface area (TPSA) is 50.2 Å². The van der Waals surface area contributed by atoms with Crippen LogP contribution in [-0.4, -0.2) is 40.5 Å². The quantitative estimate of drug-likeness (QED) is 0.884. The molecule has 1 aromatic carbocycles. The zero-order valence-corrected chi connectivity index (χ0v) is 13.3. The van der Waals surface area contributed by atoms with Crippen LogP contribution in [0, 0.1) is 0 Å². The first-order chi connectivity index (χ1) is 10.0. The van der Waals surface area contributed by atoms with Crippen molar-refractivity contribution in [3.8, 4) is 0 Å². The van der Waals surface area contributed by atoms with Crippen LogP contribution in [0.3, 0.4) is 0 Å². The molecule has 1 amide bonds. The van der Waals surface area contributed by atoms with Crippen LogP contribution in [-0.2, 0) is 17.9 Å². The van der Waals surface area contributed by atoms with Gasteiger partial charge in [0.2, 0.25) is 5.91 Å². The van der Waals surface area contributed by atoms with Gasteiger partial charge in [0.05, 0.1) is 17.6 Å². The number of carbonyl (C=O) groups excluding carboxylic acids is 1. The Morgan fingerprint density at radius 1 is 1.38 bits per heavy atom. The molecule has 0 aliphatic heterocycles. The summed E-state index contributed by atoms with van der Waals surface area (Å²) in [5.74, 6) is 0.952. The number of hydrogen-bond donors (Lipinski definition) is 1. The molecule has 1 unspecified atom stereocenters. The van der Waals surface area contributed by atoms with Crippen LogP contribution in [0.1, 0.15) is 26.1 Å². The fourth-order valence-corrected chi connectivity index (χ4v) is 2.27. The van der Waals surface area contributed by atoms with Crippen molar-refractivity contribution in [1.29, 1.82) is 0 Å². The monoisotopic (exact) mass is 288 g/mol. The summed E-state index contributed by atoms with van der Waals surface area (Å²) >= 11 is 0. The van der Waals surface area contributed by atoms with Crippen LogP contribution < -0.4 is 5.32 Å². The van der Waals surface area contributed by atoms with Gasteiger partial charge in [0.1, 0.15) is 12.4 Å². The molecule has 1 atom stereocenters. The Hall–Kier alpha value is -1.88. The lowest BCUT2D eigenvalue weighted by Crippen LogP contribution is -2.35. The largest absolute Gasteiger partial charge is 0.352 e. The van der Waals surface area contributed by atoms with Gasteiger partial charge in [0, 0.05) is 6.04 Å². The Balaban J connectivity index is 2.29. The van der Waals surface area contributed by atoms with E-state index in [-0.39, 0.29) is 11.9 Å². The number of rotatable bonds is 6. The smallest absolute Gasteiger partial charge is 0.240 e. The first-order valence-electron chi connectivity index (χ1n) is 7.39. The van der Waals surface area contributed by atoms with Crippen molar-refractivity contribution in [3.63, 3.8) is 0 Å². The van der Waals surface area contributed by atoms with E-state index in [2.05, 4.69) is 22.1 Å². The molecule has 21 heavy (non-hydrogen) atoms. The second-order valence-corrected chi connectivity index (χ2v) is 5.72. The number of benzene rings is 1. The number of fused-ring (bicyclic) bond motifs is 1. The number of imidazole rings is 1. The molecular weight excluding hydrogens is 264 g/mol. The van der Waals surface area contributed by atoms with Crippen LogP contribution in [0.5, 0.6) is 0 Å². The van der Waals surface area contributed by atoms with E-state index in [9.17, 15) is 4.79 Å². The van der Waals surface area contributed by atoms with Gasteiger partial charge in [-0.2, -0.15) is 0 Å². The summed E-state index contributed by atoms with van der Waals surface area (Å²) in [7, 11) is 4.01. The summed E-state index contributed by atoms with van der Waals surface area (Å²) < 4.78 is 2.01. The molecule has 5 nitrogen and oxygen atoms in total. The van der Waals surface area contributed by atoms with E-state index in [4.69, 9.17) is 0 Å². The van der Waals surface area contributed by atoms with Crippen molar-refractivity contribution in [2.45, 2.75) is 39.4 Å². The van der Waals surface area contributed by atoms with Crippen LogP contribution in [0.25, 0.3) is 11.0 Å². The molecule has 1 heterocycles. The highest BCUT2D eigenvalue weighted by molar-refractivity contribution is 5.81. The molecule has 0 saturated heterocycles. The molecule has 0 saturated carbocycles. The Labute approximate surface area is 126 Å². The SMILES string of the molecule is CCC(C)NC(=O)Cn1c(CN(C)C)nc2ccccc21. The fourth-order valence-electron chi connectivity index (χ4n) is 2.27. The molecule has 5 heteroatoms.